The monoisotopic (exact) mass is 345 g/mol. The predicted molar refractivity (Wildman–Crippen MR) is 106 cm³/mol. The summed E-state index contributed by atoms with van der Waals surface area (Å²) < 4.78 is 0. The Bertz CT molecular complexity index is 948. The van der Waals surface area contributed by atoms with Gasteiger partial charge in [0, 0.05) is 25.2 Å². The van der Waals surface area contributed by atoms with Gasteiger partial charge in [-0.1, -0.05) is 48.5 Å². The lowest BCUT2D eigenvalue weighted by molar-refractivity contribution is -0.137. The van der Waals surface area contributed by atoms with Crippen LogP contribution in [-0.2, 0) is 24.2 Å². The molecule has 3 heteroatoms. The average molecular weight is 345 g/mol. The van der Waals surface area contributed by atoms with Gasteiger partial charge in [0.15, 0.2) is 0 Å². The van der Waals surface area contributed by atoms with E-state index in [4.69, 9.17) is 5.11 Å². The summed E-state index contributed by atoms with van der Waals surface area (Å²) in [4.78, 5) is 13.2. The van der Waals surface area contributed by atoms with Crippen LogP contribution in [0.5, 0.6) is 0 Å². The van der Waals surface area contributed by atoms with Crippen molar-refractivity contribution >= 4 is 22.4 Å². The first-order valence-electron chi connectivity index (χ1n) is 9.26. The van der Waals surface area contributed by atoms with Crippen LogP contribution in [0.15, 0.2) is 60.7 Å². The summed E-state index contributed by atoms with van der Waals surface area (Å²) in [6, 6.07) is 21.6. The van der Waals surface area contributed by atoms with E-state index >= 15 is 0 Å². The number of anilines is 1. The molecule has 4 rings (SSSR count). The number of carbonyl (C=O) groups is 1. The maximum atomic E-state index is 10.8. The van der Waals surface area contributed by atoms with Crippen molar-refractivity contribution in [2.75, 3.05) is 11.4 Å². The number of aliphatic carboxylic acids is 1. The maximum absolute atomic E-state index is 10.8. The van der Waals surface area contributed by atoms with Crippen LogP contribution in [0.3, 0.4) is 0 Å². The van der Waals surface area contributed by atoms with Crippen molar-refractivity contribution in [3.8, 4) is 0 Å². The van der Waals surface area contributed by atoms with Crippen LogP contribution in [0.4, 0.5) is 5.69 Å². The molecule has 1 aliphatic rings. The van der Waals surface area contributed by atoms with E-state index in [9.17, 15) is 4.79 Å². The Balaban J connectivity index is 1.54. The summed E-state index contributed by atoms with van der Waals surface area (Å²) in [6.07, 6.45) is 2.82. The lowest BCUT2D eigenvalue weighted by Gasteiger charge is -2.32. The normalized spacial score (nSPS) is 13.6. The lowest BCUT2D eigenvalue weighted by Crippen LogP contribution is -2.31. The third-order valence-corrected chi connectivity index (χ3v) is 5.30. The fourth-order valence-corrected chi connectivity index (χ4v) is 3.95. The first-order chi connectivity index (χ1) is 12.7. The number of hydrogen-bond acceptors (Lipinski definition) is 2. The van der Waals surface area contributed by atoms with Crippen molar-refractivity contribution in [3.05, 3.63) is 77.4 Å². The molecular weight excluding hydrogens is 322 g/mol. The fraction of sp³-hybridized carbons (Fsp3) is 0.261. The number of nitrogens with zero attached hydrogens (tertiary/aromatic N) is 1. The molecule has 3 aromatic carbocycles. The molecular formula is C23H23NO2. The molecule has 0 spiro atoms. The lowest BCUT2D eigenvalue weighted by atomic mass is 9.91. The molecule has 0 saturated heterocycles. The number of rotatable bonds is 5. The quantitative estimate of drug-likeness (QED) is 0.721. The molecule has 132 valence electrons. The number of benzene rings is 3. The van der Waals surface area contributed by atoms with E-state index in [0.717, 1.165) is 25.9 Å². The Hall–Kier alpha value is -2.81. The maximum Gasteiger partial charge on any atom is 0.303 e. The topological polar surface area (TPSA) is 40.5 Å². The Morgan fingerprint density at radius 2 is 1.85 bits per heavy atom. The van der Waals surface area contributed by atoms with Crippen LogP contribution >= 0.6 is 0 Å². The van der Waals surface area contributed by atoms with Crippen molar-refractivity contribution in [2.24, 2.45) is 0 Å². The van der Waals surface area contributed by atoms with E-state index < -0.39 is 5.97 Å². The highest BCUT2D eigenvalue weighted by Crippen LogP contribution is 2.29. The van der Waals surface area contributed by atoms with Gasteiger partial charge < -0.3 is 10.0 Å². The number of aryl methyl sites for hydroxylation is 1. The summed E-state index contributed by atoms with van der Waals surface area (Å²) in [7, 11) is 0. The number of carboxylic acid groups (broad SMARTS) is 1. The predicted octanol–water partition coefficient (Wildman–Crippen LogP) is 4.81. The fourth-order valence-electron chi connectivity index (χ4n) is 3.95. The molecule has 3 aromatic rings. The van der Waals surface area contributed by atoms with E-state index in [1.165, 1.54) is 33.2 Å². The van der Waals surface area contributed by atoms with Gasteiger partial charge in [0.25, 0.3) is 0 Å². The minimum absolute atomic E-state index is 0.243. The van der Waals surface area contributed by atoms with Crippen LogP contribution in [0.1, 0.15) is 29.5 Å². The molecule has 0 saturated carbocycles. The standard InChI is InChI=1S/C23H23NO2/c25-23(26)10-4-8-18-7-3-9-20-16-24(14-13-22(18)20)21-12-11-17-5-1-2-6-19(17)15-21/h1-3,5-7,9,11-12,15H,4,8,10,13-14,16H2,(H,25,26). The molecule has 1 heterocycles. The molecule has 0 unspecified atom stereocenters. The summed E-state index contributed by atoms with van der Waals surface area (Å²) >= 11 is 0. The van der Waals surface area contributed by atoms with E-state index in [2.05, 4.69) is 65.6 Å². The number of carboxylic acids is 1. The van der Waals surface area contributed by atoms with Crippen LogP contribution in [-0.4, -0.2) is 17.6 Å². The van der Waals surface area contributed by atoms with E-state index in [1.54, 1.807) is 0 Å². The second-order valence-corrected chi connectivity index (χ2v) is 7.01. The van der Waals surface area contributed by atoms with Crippen LogP contribution in [0.2, 0.25) is 0 Å². The summed E-state index contributed by atoms with van der Waals surface area (Å²) in [5, 5.41) is 11.4. The summed E-state index contributed by atoms with van der Waals surface area (Å²) in [5.41, 5.74) is 5.39. The van der Waals surface area contributed by atoms with Gasteiger partial charge in [0.2, 0.25) is 0 Å². The highest BCUT2D eigenvalue weighted by molar-refractivity contribution is 5.85. The first-order valence-corrected chi connectivity index (χ1v) is 9.26. The van der Waals surface area contributed by atoms with Gasteiger partial charge in [0.05, 0.1) is 0 Å². The molecule has 0 amide bonds. The van der Waals surface area contributed by atoms with Crippen molar-refractivity contribution in [2.45, 2.75) is 32.2 Å². The molecule has 0 fully saturated rings. The Labute approximate surface area is 153 Å². The summed E-state index contributed by atoms with van der Waals surface area (Å²) in [5.74, 6) is -0.711. The zero-order valence-corrected chi connectivity index (χ0v) is 14.8. The molecule has 0 aliphatic carbocycles. The van der Waals surface area contributed by atoms with Crippen LogP contribution < -0.4 is 4.90 Å². The number of fused-ring (bicyclic) bond motifs is 2. The van der Waals surface area contributed by atoms with Gasteiger partial charge >= 0.3 is 5.97 Å². The molecule has 1 aliphatic heterocycles. The first kappa shape index (κ1) is 16.6. The van der Waals surface area contributed by atoms with Crippen molar-refractivity contribution in [1.29, 1.82) is 0 Å². The third kappa shape index (κ3) is 3.43. The van der Waals surface area contributed by atoms with E-state index in [-0.39, 0.29) is 6.42 Å². The molecule has 26 heavy (non-hydrogen) atoms. The van der Waals surface area contributed by atoms with Gasteiger partial charge in [-0.2, -0.15) is 0 Å². The third-order valence-electron chi connectivity index (χ3n) is 5.30. The smallest absolute Gasteiger partial charge is 0.303 e. The average Bonchev–Trinajstić information content (AvgIpc) is 2.67. The van der Waals surface area contributed by atoms with Crippen molar-refractivity contribution in [1.82, 2.24) is 0 Å². The molecule has 0 radical (unpaired) electrons. The Morgan fingerprint density at radius 1 is 1.00 bits per heavy atom. The van der Waals surface area contributed by atoms with Crippen molar-refractivity contribution in [3.63, 3.8) is 0 Å². The number of hydrogen-bond donors (Lipinski definition) is 1. The Morgan fingerprint density at radius 3 is 2.69 bits per heavy atom. The summed E-state index contributed by atoms with van der Waals surface area (Å²) in [6.45, 7) is 1.92. The zero-order chi connectivity index (χ0) is 17.9. The van der Waals surface area contributed by atoms with Gasteiger partial charge in [-0.25, -0.2) is 0 Å². The largest absolute Gasteiger partial charge is 0.481 e. The SMILES string of the molecule is O=C(O)CCCc1cccc2c1CCN(c1ccc3ccccc3c1)C2. The van der Waals surface area contributed by atoms with E-state index in [1.807, 2.05) is 0 Å². The second kappa shape index (κ2) is 7.20. The molecule has 1 N–H and O–H groups in total. The highest BCUT2D eigenvalue weighted by atomic mass is 16.4. The Kier molecular flexibility index (Phi) is 4.61. The van der Waals surface area contributed by atoms with Gasteiger partial charge in [0.1, 0.15) is 0 Å². The van der Waals surface area contributed by atoms with Gasteiger partial charge in [-0.3, -0.25) is 4.79 Å². The van der Waals surface area contributed by atoms with Crippen molar-refractivity contribution < 1.29 is 9.90 Å². The second-order valence-electron chi connectivity index (χ2n) is 7.01. The van der Waals surface area contributed by atoms with Crippen LogP contribution in [0, 0.1) is 0 Å². The highest BCUT2D eigenvalue weighted by Gasteiger charge is 2.19. The molecule has 3 nitrogen and oxygen atoms in total. The van der Waals surface area contributed by atoms with Gasteiger partial charge in [-0.15, -0.1) is 0 Å². The van der Waals surface area contributed by atoms with E-state index in [0.29, 0.717) is 6.42 Å². The zero-order valence-electron chi connectivity index (χ0n) is 14.8. The minimum atomic E-state index is -0.711. The van der Waals surface area contributed by atoms with Gasteiger partial charge in [-0.05, 0) is 58.9 Å². The molecule has 0 bridgehead atoms. The minimum Gasteiger partial charge on any atom is -0.481 e. The molecule has 0 aromatic heterocycles. The molecule has 0 atom stereocenters. The van der Waals surface area contributed by atoms with Crippen LogP contribution in [0.25, 0.3) is 10.8 Å².